The van der Waals surface area contributed by atoms with Gasteiger partial charge in [-0.05, 0) is 44.0 Å². The second-order valence-electron chi connectivity index (χ2n) is 6.81. The summed E-state index contributed by atoms with van der Waals surface area (Å²) in [7, 11) is 0. The van der Waals surface area contributed by atoms with Crippen LogP contribution in [0.5, 0.6) is 0 Å². The van der Waals surface area contributed by atoms with E-state index in [1.54, 1.807) is 18.2 Å². The Morgan fingerprint density at radius 1 is 1.41 bits per heavy atom. The summed E-state index contributed by atoms with van der Waals surface area (Å²) < 4.78 is 1.47. The molecule has 0 bridgehead atoms. The summed E-state index contributed by atoms with van der Waals surface area (Å²) in [4.78, 5) is 19.1. The van der Waals surface area contributed by atoms with E-state index in [9.17, 15) is 9.90 Å². The first-order valence-electron chi connectivity index (χ1n) is 8.91. The molecule has 0 amide bonds. The highest BCUT2D eigenvalue weighted by Gasteiger charge is 2.33. The van der Waals surface area contributed by atoms with Gasteiger partial charge in [0.1, 0.15) is 0 Å². The number of hydrogen-bond donors (Lipinski definition) is 2. The van der Waals surface area contributed by atoms with Crippen molar-refractivity contribution in [2.24, 2.45) is 0 Å². The van der Waals surface area contributed by atoms with Gasteiger partial charge in [0.05, 0.1) is 35.1 Å². The normalized spacial score (nSPS) is 17.6. The van der Waals surface area contributed by atoms with Crippen LogP contribution in [0, 0.1) is 5.41 Å². The smallest absolute Gasteiger partial charge is 0.261 e. The van der Waals surface area contributed by atoms with Crippen molar-refractivity contribution in [3.8, 4) is 0 Å². The number of halogens is 1. The fourth-order valence-electron chi connectivity index (χ4n) is 3.34. The maximum atomic E-state index is 12.7. The fourth-order valence-corrected chi connectivity index (χ4v) is 3.51. The minimum absolute atomic E-state index is 0.180. The Hall–Kier alpha value is -2.44. The molecule has 6 nitrogen and oxygen atoms in total. The molecule has 1 fully saturated rings. The predicted molar refractivity (Wildman–Crippen MR) is 108 cm³/mol. The van der Waals surface area contributed by atoms with E-state index in [2.05, 4.69) is 9.88 Å². The van der Waals surface area contributed by atoms with E-state index in [4.69, 9.17) is 17.0 Å². The first kappa shape index (κ1) is 19.3. The van der Waals surface area contributed by atoms with Crippen molar-refractivity contribution >= 4 is 28.7 Å². The van der Waals surface area contributed by atoms with Crippen LogP contribution in [0.3, 0.4) is 0 Å². The molecule has 3 rings (SSSR count). The molecule has 0 atom stereocenters. The van der Waals surface area contributed by atoms with Gasteiger partial charge >= 0.3 is 0 Å². The number of benzene rings is 1. The Morgan fingerprint density at radius 2 is 2.15 bits per heavy atom. The summed E-state index contributed by atoms with van der Waals surface area (Å²) in [6, 6.07) is 4.99. The van der Waals surface area contributed by atoms with Crippen LogP contribution in [0.4, 0.5) is 0 Å². The number of fused-ring (bicyclic) bond motifs is 1. The van der Waals surface area contributed by atoms with Crippen LogP contribution in [-0.2, 0) is 6.54 Å². The molecule has 27 heavy (non-hydrogen) atoms. The number of nitrogens with one attached hydrogen (secondary N) is 1. The molecule has 1 aliphatic rings. The molecule has 1 aromatic carbocycles. The van der Waals surface area contributed by atoms with Crippen LogP contribution in [-0.4, -0.2) is 44.5 Å². The molecule has 0 spiro atoms. The molecule has 0 unspecified atom stereocenters. The van der Waals surface area contributed by atoms with Crippen molar-refractivity contribution in [1.82, 2.24) is 14.5 Å². The molecule has 0 saturated carbocycles. The van der Waals surface area contributed by atoms with Gasteiger partial charge < -0.3 is 15.4 Å². The molecule has 1 aromatic heterocycles. The lowest BCUT2D eigenvalue weighted by Crippen LogP contribution is -2.47. The Bertz CT molecular complexity index is 956. The van der Waals surface area contributed by atoms with E-state index < -0.39 is 5.60 Å². The van der Waals surface area contributed by atoms with Gasteiger partial charge in [-0.15, -0.1) is 0 Å². The van der Waals surface area contributed by atoms with Crippen LogP contribution in [0.25, 0.3) is 10.9 Å². The minimum atomic E-state index is -0.976. The lowest BCUT2D eigenvalue weighted by Gasteiger charge is -2.39. The third-order valence-corrected chi connectivity index (χ3v) is 5.15. The lowest BCUT2D eigenvalue weighted by atomic mass is 9.91. The third kappa shape index (κ3) is 4.28. The second-order valence-corrected chi connectivity index (χ2v) is 7.25. The first-order valence-corrected chi connectivity index (χ1v) is 9.29. The summed E-state index contributed by atoms with van der Waals surface area (Å²) in [5.41, 5.74) is 0.211. The molecular weight excluding hydrogens is 364 g/mol. The highest BCUT2D eigenvalue weighted by molar-refractivity contribution is 6.31. The number of rotatable bonds is 5. The summed E-state index contributed by atoms with van der Waals surface area (Å²) in [6.45, 7) is 3.38. The molecule has 0 aliphatic carbocycles. The molecule has 1 aliphatic heterocycles. The van der Waals surface area contributed by atoms with Crippen molar-refractivity contribution in [1.29, 1.82) is 5.41 Å². The van der Waals surface area contributed by atoms with Crippen molar-refractivity contribution in [3.63, 3.8) is 0 Å². The van der Waals surface area contributed by atoms with Crippen LogP contribution in [0.1, 0.15) is 19.8 Å². The number of aliphatic hydroxyl groups is 1. The average molecular weight is 387 g/mol. The van der Waals surface area contributed by atoms with E-state index in [-0.39, 0.29) is 12.1 Å². The Kier molecular flexibility index (Phi) is 5.77. The maximum Gasteiger partial charge on any atom is 0.261 e. The largest absolute Gasteiger partial charge is 0.388 e. The van der Waals surface area contributed by atoms with Gasteiger partial charge in [0.15, 0.2) is 0 Å². The van der Waals surface area contributed by atoms with Gasteiger partial charge in [-0.3, -0.25) is 9.36 Å². The highest BCUT2D eigenvalue weighted by Crippen LogP contribution is 2.26. The zero-order valence-corrected chi connectivity index (χ0v) is 16.0. The Morgan fingerprint density at radius 3 is 2.81 bits per heavy atom. The predicted octanol–water partition coefficient (Wildman–Crippen LogP) is 2.99. The third-order valence-electron chi connectivity index (χ3n) is 4.92. The molecular formula is C20H23ClN4O2. The quantitative estimate of drug-likeness (QED) is 0.611. The topological polar surface area (TPSA) is 82.2 Å². The van der Waals surface area contributed by atoms with E-state index in [1.165, 1.54) is 17.1 Å². The molecule has 7 heteroatoms. The van der Waals surface area contributed by atoms with Crippen molar-refractivity contribution in [3.05, 3.63) is 63.8 Å². The van der Waals surface area contributed by atoms with Gasteiger partial charge in [0.2, 0.25) is 0 Å². The van der Waals surface area contributed by atoms with Crippen molar-refractivity contribution in [2.75, 3.05) is 13.1 Å². The van der Waals surface area contributed by atoms with E-state index in [1.807, 2.05) is 25.2 Å². The van der Waals surface area contributed by atoms with Gasteiger partial charge in [-0.25, -0.2) is 4.98 Å². The summed E-state index contributed by atoms with van der Waals surface area (Å²) in [5.74, 6) is 0. The molecule has 0 radical (unpaired) electrons. The lowest BCUT2D eigenvalue weighted by molar-refractivity contribution is -0.0271. The van der Waals surface area contributed by atoms with Crippen molar-refractivity contribution < 1.29 is 5.11 Å². The van der Waals surface area contributed by atoms with Gasteiger partial charge in [0, 0.05) is 24.3 Å². The van der Waals surface area contributed by atoms with Crippen molar-refractivity contribution in [2.45, 2.75) is 31.9 Å². The maximum absolute atomic E-state index is 12.7. The van der Waals surface area contributed by atoms with E-state index in [0.717, 1.165) is 5.70 Å². The SMILES string of the molecule is C/C=C\C=C(/C=N)N1CCC(O)(Cn2cnc3cc(Cl)ccc3c2=O)CC1. The summed E-state index contributed by atoms with van der Waals surface area (Å²) in [6.07, 6.45) is 9.52. The number of piperidine rings is 1. The van der Waals surface area contributed by atoms with E-state index in [0.29, 0.717) is 41.9 Å². The fraction of sp³-hybridized carbons (Fsp3) is 0.350. The molecule has 2 heterocycles. The highest BCUT2D eigenvalue weighted by atomic mass is 35.5. The van der Waals surface area contributed by atoms with Crippen LogP contribution < -0.4 is 5.56 Å². The monoisotopic (exact) mass is 386 g/mol. The average Bonchev–Trinajstić information content (AvgIpc) is 2.66. The minimum Gasteiger partial charge on any atom is -0.388 e. The number of likely N-dealkylation sites (tertiary alicyclic amines) is 1. The Balaban J connectivity index is 1.76. The van der Waals surface area contributed by atoms with Crippen LogP contribution in [0.2, 0.25) is 5.02 Å². The van der Waals surface area contributed by atoms with Gasteiger partial charge in [0.25, 0.3) is 5.56 Å². The number of hydrogen-bond acceptors (Lipinski definition) is 5. The number of nitrogens with zero attached hydrogens (tertiary/aromatic N) is 3. The van der Waals surface area contributed by atoms with E-state index >= 15 is 0 Å². The first-order chi connectivity index (χ1) is 13.0. The molecule has 142 valence electrons. The molecule has 2 N–H and O–H groups in total. The summed E-state index contributed by atoms with van der Waals surface area (Å²) in [5, 5.41) is 19.6. The van der Waals surface area contributed by atoms with Gasteiger partial charge in [-0.1, -0.05) is 23.8 Å². The van der Waals surface area contributed by atoms with Gasteiger partial charge in [-0.2, -0.15) is 0 Å². The molecule has 1 saturated heterocycles. The standard InChI is InChI=1S/C20H23ClN4O2/c1-2-3-4-16(12-22)24-9-7-20(27,8-10-24)13-25-14-23-18-11-15(21)5-6-17(18)19(25)26/h2-6,11-12,14,22,27H,7-10,13H2,1H3/b3-2-,16-4+,22-12?. The second kappa shape index (κ2) is 8.06. The molecule has 2 aromatic rings. The summed E-state index contributed by atoms with van der Waals surface area (Å²) >= 11 is 5.95. The zero-order valence-electron chi connectivity index (χ0n) is 15.2. The Labute approximate surface area is 162 Å². The van der Waals surface area contributed by atoms with Crippen LogP contribution >= 0.6 is 11.6 Å². The zero-order chi connectivity index (χ0) is 19.4. The number of aromatic nitrogens is 2. The number of allylic oxidation sites excluding steroid dienone is 4. The van der Waals surface area contributed by atoms with Crippen LogP contribution in [0.15, 0.2) is 53.2 Å².